The summed E-state index contributed by atoms with van der Waals surface area (Å²) in [6.07, 6.45) is 3.20. The molecular formula is C16H26N2O3S. The molecule has 0 radical (unpaired) electrons. The van der Waals surface area contributed by atoms with Gasteiger partial charge in [-0.05, 0) is 50.3 Å². The Morgan fingerprint density at radius 1 is 1.23 bits per heavy atom. The van der Waals surface area contributed by atoms with Gasteiger partial charge in [0, 0.05) is 39.0 Å². The Kier molecular flexibility index (Phi) is 5.47. The Hall–Kier alpha value is -1.11. The molecule has 1 aromatic rings. The van der Waals surface area contributed by atoms with Crippen molar-refractivity contribution < 1.29 is 13.5 Å². The molecule has 22 heavy (non-hydrogen) atoms. The summed E-state index contributed by atoms with van der Waals surface area (Å²) in [5.74, 6) is 0. The van der Waals surface area contributed by atoms with Gasteiger partial charge in [-0.25, -0.2) is 8.42 Å². The summed E-state index contributed by atoms with van der Waals surface area (Å²) in [4.78, 5) is 2.29. The second-order valence-corrected chi connectivity index (χ2v) is 8.01. The molecule has 1 aliphatic rings. The van der Waals surface area contributed by atoms with Crippen LogP contribution in [0.15, 0.2) is 23.1 Å². The zero-order valence-corrected chi connectivity index (χ0v) is 14.4. The van der Waals surface area contributed by atoms with E-state index in [0.29, 0.717) is 24.3 Å². The number of hydrogen-bond acceptors (Lipinski definition) is 4. The zero-order chi connectivity index (χ0) is 16.3. The average molecular weight is 326 g/mol. The van der Waals surface area contributed by atoms with Crippen LogP contribution in [-0.2, 0) is 10.0 Å². The van der Waals surface area contributed by atoms with Crippen LogP contribution in [0.4, 0.5) is 5.69 Å². The maximum atomic E-state index is 12.9. The highest BCUT2D eigenvalue weighted by molar-refractivity contribution is 7.89. The van der Waals surface area contributed by atoms with E-state index in [-0.39, 0.29) is 12.6 Å². The zero-order valence-electron chi connectivity index (χ0n) is 13.6. The molecule has 1 fully saturated rings. The summed E-state index contributed by atoms with van der Waals surface area (Å²) >= 11 is 0. The van der Waals surface area contributed by atoms with Crippen molar-refractivity contribution in [2.45, 2.75) is 43.5 Å². The van der Waals surface area contributed by atoms with E-state index in [1.54, 1.807) is 16.4 Å². The van der Waals surface area contributed by atoms with Crippen LogP contribution in [0.1, 0.15) is 31.2 Å². The largest absolute Gasteiger partial charge is 0.396 e. The third-order valence-corrected chi connectivity index (χ3v) is 5.96. The molecule has 0 saturated heterocycles. The number of unbranched alkanes of at least 4 members (excludes halogenated alkanes) is 1. The summed E-state index contributed by atoms with van der Waals surface area (Å²) in [6.45, 7) is 2.57. The quantitative estimate of drug-likeness (QED) is 0.742. The normalized spacial score (nSPS) is 15.3. The topological polar surface area (TPSA) is 60.9 Å². The van der Waals surface area contributed by atoms with Crippen molar-refractivity contribution >= 4 is 15.7 Å². The minimum atomic E-state index is -3.47. The summed E-state index contributed by atoms with van der Waals surface area (Å²) in [5.41, 5.74) is 1.98. The van der Waals surface area contributed by atoms with Gasteiger partial charge in [0.2, 0.25) is 10.0 Å². The van der Waals surface area contributed by atoms with Gasteiger partial charge in [-0.1, -0.05) is 6.07 Å². The van der Waals surface area contributed by atoms with Crippen LogP contribution in [0.2, 0.25) is 0 Å². The van der Waals surface area contributed by atoms with Crippen LogP contribution in [-0.4, -0.2) is 51.1 Å². The highest BCUT2D eigenvalue weighted by Crippen LogP contribution is 2.33. The van der Waals surface area contributed by atoms with Gasteiger partial charge in [-0.3, -0.25) is 0 Å². The van der Waals surface area contributed by atoms with E-state index in [2.05, 4.69) is 0 Å². The third-order valence-electron chi connectivity index (χ3n) is 4.01. The molecule has 0 bridgehead atoms. The standard InChI is InChI=1S/C16H26N2O3S/c1-13-6-9-15(12-16(13)17(2)3)22(20,21)18(14-7-8-14)10-4-5-11-19/h6,9,12,14,19H,4-5,7-8,10-11H2,1-3H3. The van der Waals surface area contributed by atoms with Crippen LogP contribution in [0.3, 0.4) is 0 Å². The molecule has 2 rings (SSSR count). The molecule has 1 saturated carbocycles. The Balaban J connectivity index is 2.29. The number of rotatable bonds is 8. The Labute approximate surface area is 133 Å². The van der Waals surface area contributed by atoms with E-state index in [1.165, 1.54) is 0 Å². The minimum absolute atomic E-state index is 0.105. The fraction of sp³-hybridized carbons (Fsp3) is 0.625. The van der Waals surface area contributed by atoms with E-state index in [4.69, 9.17) is 5.11 Å². The molecule has 0 unspecified atom stereocenters. The van der Waals surface area contributed by atoms with E-state index >= 15 is 0 Å². The smallest absolute Gasteiger partial charge is 0.243 e. The Bertz CT molecular complexity index is 610. The van der Waals surface area contributed by atoms with Gasteiger partial charge in [-0.15, -0.1) is 0 Å². The number of nitrogens with zero attached hydrogens (tertiary/aromatic N) is 2. The third kappa shape index (κ3) is 3.80. The van der Waals surface area contributed by atoms with Crippen molar-refractivity contribution in [1.29, 1.82) is 0 Å². The summed E-state index contributed by atoms with van der Waals surface area (Å²) < 4.78 is 27.5. The van der Waals surface area contributed by atoms with Gasteiger partial charge < -0.3 is 10.0 Å². The second-order valence-electron chi connectivity index (χ2n) is 6.12. The van der Waals surface area contributed by atoms with Crippen molar-refractivity contribution in [3.05, 3.63) is 23.8 Å². The van der Waals surface area contributed by atoms with Gasteiger partial charge in [0.05, 0.1) is 4.90 Å². The lowest BCUT2D eigenvalue weighted by Crippen LogP contribution is -2.34. The predicted molar refractivity (Wildman–Crippen MR) is 88.7 cm³/mol. The van der Waals surface area contributed by atoms with Crippen molar-refractivity contribution in [2.75, 3.05) is 32.1 Å². The molecule has 6 heteroatoms. The highest BCUT2D eigenvalue weighted by Gasteiger charge is 2.37. The van der Waals surface area contributed by atoms with Gasteiger partial charge in [-0.2, -0.15) is 4.31 Å². The van der Waals surface area contributed by atoms with E-state index < -0.39 is 10.0 Å². The number of anilines is 1. The molecule has 1 N–H and O–H groups in total. The molecule has 0 heterocycles. The molecule has 0 aromatic heterocycles. The number of hydrogen-bond donors (Lipinski definition) is 1. The van der Waals surface area contributed by atoms with E-state index in [1.807, 2.05) is 32.0 Å². The minimum Gasteiger partial charge on any atom is -0.396 e. The van der Waals surface area contributed by atoms with Crippen LogP contribution in [0.25, 0.3) is 0 Å². The van der Waals surface area contributed by atoms with Crippen LogP contribution in [0.5, 0.6) is 0 Å². The number of aryl methyl sites for hydroxylation is 1. The van der Waals surface area contributed by atoms with Crippen molar-refractivity contribution in [1.82, 2.24) is 4.31 Å². The van der Waals surface area contributed by atoms with E-state index in [9.17, 15) is 8.42 Å². The van der Waals surface area contributed by atoms with Crippen molar-refractivity contribution in [3.8, 4) is 0 Å². The molecule has 0 amide bonds. The number of aliphatic hydroxyl groups excluding tert-OH is 1. The SMILES string of the molecule is Cc1ccc(S(=O)(=O)N(CCCCO)C2CC2)cc1N(C)C. The highest BCUT2D eigenvalue weighted by atomic mass is 32.2. The first kappa shape index (κ1) is 17.2. The first-order chi connectivity index (χ1) is 10.4. The van der Waals surface area contributed by atoms with Crippen molar-refractivity contribution in [2.24, 2.45) is 0 Å². The molecular weight excluding hydrogens is 300 g/mol. The Morgan fingerprint density at radius 2 is 1.91 bits per heavy atom. The van der Waals surface area contributed by atoms with Crippen LogP contribution >= 0.6 is 0 Å². The molecule has 124 valence electrons. The maximum Gasteiger partial charge on any atom is 0.243 e. The van der Waals surface area contributed by atoms with Crippen LogP contribution in [0, 0.1) is 6.92 Å². The fourth-order valence-electron chi connectivity index (χ4n) is 2.61. The molecule has 0 aliphatic heterocycles. The molecule has 0 atom stereocenters. The molecule has 0 spiro atoms. The fourth-order valence-corrected chi connectivity index (χ4v) is 4.35. The number of aliphatic hydroxyl groups is 1. The molecule has 1 aromatic carbocycles. The first-order valence-corrected chi connectivity index (χ1v) is 9.22. The number of benzene rings is 1. The van der Waals surface area contributed by atoms with Gasteiger partial charge in [0.1, 0.15) is 0 Å². The lowest BCUT2D eigenvalue weighted by Gasteiger charge is -2.23. The summed E-state index contributed by atoms with van der Waals surface area (Å²) in [5, 5.41) is 8.91. The van der Waals surface area contributed by atoms with E-state index in [0.717, 1.165) is 24.1 Å². The summed E-state index contributed by atoms with van der Waals surface area (Å²) in [6, 6.07) is 5.44. The van der Waals surface area contributed by atoms with Crippen LogP contribution < -0.4 is 4.90 Å². The molecule has 1 aliphatic carbocycles. The van der Waals surface area contributed by atoms with Gasteiger partial charge in [0.15, 0.2) is 0 Å². The number of sulfonamides is 1. The van der Waals surface area contributed by atoms with Gasteiger partial charge >= 0.3 is 0 Å². The van der Waals surface area contributed by atoms with Crippen molar-refractivity contribution in [3.63, 3.8) is 0 Å². The maximum absolute atomic E-state index is 12.9. The first-order valence-electron chi connectivity index (χ1n) is 7.78. The molecule has 5 nitrogen and oxygen atoms in total. The second kappa shape index (κ2) is 6.98. The van der Waals surface area contributed by atoms with Gasteiger partial charge in [0.25, 0.3) is 0 Å². The summed E-state index contributed by atoms with van der Waals surface area (Å²) in [7, 11) is 0.365. The lowest BCUT2D eigenvalue weighted by molar-refractivity contribution is 0.275. The lowest BCUT2D eigenvalue weighted by atomic mass is 10.2. The predicted octanol–water partition coefficient (Wildman–Crippen LogP) is 1.99. The monoisotopic (exact) mass is 326 g/mol. The average Bonchev–Trinajstić information content (AvgIpc) is 3.27. The Morgan fingerprint density at radius 3 is 2.45 bits per heavy atom.